The number of benzene rings is 2. The van der Waals surface area contributed by atoms with E-state index in [-0.39, 0.29) is 41.1 Å². The molecule has 0 aliphatic carbocycles. The Morgan fingerprint density at radius 1 is 1.17 bits per heavy atom. The lowest BCUT2D eigenvalue weighted by Crippen LogP contribution is -2.49. The van der Waals surface area contributed by atoms with E-state index in [0.29, 0.717) is 31.8 Å². The number of ether oxygens (including phenoxy) is 3. The van der Waals surface area contributed by atoms with Crippen LogP contribution in [-0.2, 0) is 11.2 Å². The molecule has 0 saturated carbocycles. The van der Waals surface area contributed by atoms with Crippen LogP contribution in [0.1, 0.15) is 63.4 Å². The predicted octanol–water partition coefficient (Wildman–Crippen LogP) is 5.17. The number of aliphatic hydroxyl groups is 1. The van der Waals surface area contributed by atoms with Gasteiger partial charge in [-0.05, 0) is 62.6 Å². The summed E-state index contributed by atoms with van der Waals surface area (Å²) in [5.74, 6) is 1.25. The number of β-amino-alcohol motifs (C(OH)–C–C–N with tert-alkyl or cyclic N) is 1. The number of likely N-dealkylation sites (tertiary alicyclic amines) is 1. The predicted molar refractivity (Wildman–Crippen MR) is 160 cm³/mol. The summed E-state index contributed by atoms with van der Waals surface area (Å²) in [6.07, 6.45) is 1.82. The molecule has 0 radical (unpaired) electrons. The zero-order chi connectivity index (χ0) is 29.8. The molecule has 1 saturated heterocycles. The van der Waals surface area contributed by atoms with Crippen molar-refractivity contribution < 1.29 is 29.2 Å². The summed E-state index contributed by atoms with van der Waals surface area (Å²) in [5.41, 5.74) is 1.00. The van der Waals surface area contributed by atoms with Crippen LogP contribution in [0, 0.1) is 5.92 Å². The molecule has 8 nitrogen and oxygen atoms in total. The second-order valence-corrected chi connectivity index (χ2v) is 13.2. The SMILES string of the molecule is CC(C)CN(CCOC(C)(C)C)C(=O)c1ccc(O)cc1OC[C@@H](O)CN1CCC2(CC1)Cc1cc(Cl)ccc1O2. The first-order valence-corrected chi connectivity index (χ1v) is 15.0. The summed E-state index contributed by atoms with van der Waals surface area (Å²) in [4.78, 5) is 17.5. The minimum absolute atomic E-state index is 0.00214. The molecule has 9 heteroatoms. The molecular formula is C32H45ClN2O6. The number of carbonyl (C=O) groups is 1. The van der Waals surface area contributed by atoms with Gasteiger partial charge in [0.15, 0.2) is 0 Å². The Morgan fingerprint density at radius 2 is 1.90 bits per heavy atom. The van der Waals surface area contributed by atoms with Crippen molar-refractivity contribution in [1.29, 1.82) is 0 Å². The highest BCUT2D eigenvalue weighted by atomic mass is 35.5. The van der Waals surface area contributed by atoms with Gasteiger partial charge in [0.2, 0.25) is 0 Å². The molecule has 1 fully saturated rings. The van der Waals surface area contributed by atoms with E-state index in [1.54, 1.807) is 11.0 Å². The minimum Gasteiger partial charge on any atom is -0.508 e. The van der Waals surface area contributed by atoms with E-state index < -0.39 is 6.10 Å². The van der Waals surface area contributed by atoms with E-state index in [1.165, 1.54) is 12.1 Å². The fourth-order valence-electron chi connectivity index (χ4n) is 5.52. The number of carbonyl (C=O) groups excluding carboxylic acids is 1. The molecule has 226 valence electrons. The van der Waals surface area contributed by atoms with Gasteiger partial charge in [-0.15, -0.1) is 0 Å². The highest BCUT2D eigenvalue weighted by molar-refractivity contribution is 6.30. The van der Waals surface area contributed by atoms with Crippen molar-refractivity contribution in [3.63, 3.8) is 0 Å². The number of amides is 1. The molecule has 1 atom stereocenters. The van der Waals surface area contributed by atoms with Crippen LogP contribution in [-0.4, -0.2) is 89.2 Å². The largest absolute Gasteiger partial charge is 0.508 e. The number of hydrogen-bond acceptors (Lipinski definition) is 7. The maximum absolute atomic E-state index is 13.6. The molecule has 1 spiro atoms. The molecule has 41 heavy (non-hydrogen) atoms. The van der Waals surface area contributed by atoms with Gasteiger partial charge < -0.3 is 34.2 Å². The van der Waals surface area contributed by atoms with Crippen molar-refractivity contribution in [2.45, 2.75) is 71.2 Å². The molecule has 2 heterocycles. The number of piperidine rings is 1. The van der Waals surface area contributed by atoms with Crippen LogP contribution >= 0.6 is 11.6 Å². The molecule has 1 amide bonds. The van der Waals surface area contributed by atoms with Gasteiger partial charge in [0.1, 0.15) is 35.6 Å². The van der Waals surface area contributed by atoms with Crippen LogP contribution in [0.2, 0.25) is 5.02 Å². The van der Waals surface area contributed by atoms with Crippen molar-refractivity contribution in [1.82, 2.24) is 9.80 Å². The summed E-state index contributed by atoms with van der Waals surface area (Å²) < 4.78 is 18.2. The first-order chi connectivity index (χ1) is 19.3. The Morgan fingerprint density at radius 3 is 2.59 bits per heavy atom. The molecule has 0 bridgehead atoms. The van der Waals surface area contributed by atoms with Crippen LogP contribution in [0.4, 0.5) is 0 Å². The van der Waals surface area contributed by atoms with Gasteiger partial charge in [0, 0.05) is 63.1 Å². The Kier molecular flexibility index (Phi) is 10.1. The van der Waals surface area contributed by atoms with Gasteiger partial charge in [0.05, 0.1) is 17.8 Å². The third-order valence-electron chi connectivity index (χ3n) is 7.49. The van der Waals surface area contributed by atoms with E-state index in [9.17, 15) is 15.0 Å². The third kappa shape index (κ3) is 8.74. The summed E-state index contributed by atoms with van der Waals surface area (Å²) in [6, 6.07) is 10.3. The van der Waals surface area contributed by atoms with Gasteiger partial charge in [-0.1, -0.05) is 25.4 Å². The molecule has 0 aromatic heterocycles. The molecule has 2 aliphatic heterocycles. The summed E-state index contributed by atoms with van der Waals surface area (Å²) in [5, 5.41) is 21.7. The molecule has 2 aromatic rings. The second-order valence-electron chi connectivity index (χ2n) is 12.8. The summed E-state index contributed by atoms with van der Waals surface area (Å²) >= 11 is 6.17. The van der Waals surface area contributed by atoms with Crippen LogP contribution in [0.15, 0.2) is 36.4 Å². The van der Waals surface area contributed by atoms with Crippen LogP contribution in [0.5, 0.6) is 17.2 Å². The molecule has 0 unspecified atom stereocenters. The van der Waals surface area contributed by atoms with Gasteiger partial charge in [-0.3, -0.25) is 4.79 Å². The zero-order valence-electron chi connectivity index (χ0n) is 25.0. The van der Waals surface area contributed by atoms with Crippen molar-refractivity contribution in [3.05, 3.63) is 52.5 Å². The average molecular weight is 589 g/mol. The fraction of sp³-hybridized carbons (Fsp3) is 0.594. The number of nitrogens with zero attached hydrogens (tertiary/aromatic N) is 2. The number of phenolic OH excluding ortho intramolecular Hbond substituents is 1. The minimum atomic E-state index is -0.762. The van der Waals surface area contributed by atoms with Gasteiger partial charge in [0.25, 0.3) is 5.91 Å². The monoisotopic (exact) mass is 588 g/mol. The van der Waals surface area contributed by atoms with E-state index in [4.69, 9.17) is 25.8 Å². The topological polar surface area (TPSA) is 91.7 Å². The normalized spacial score (nSPS) is 17.4. The lowest BCUT2D eigenvalue weighted by atomic mass is 9.87. The van der Waals surface area contributed by atoms with E-state index in [2.05, 4.69) is 18.7 Å². The maximum atomic E-state index is 13.6. The number of aromatic hydroxyl groups is 1. The van der Waals surface area contributed by atoms with Crippen LogP contribution < -0.4 is 9.47 Å². The lowest BCUT2D eigenvalue weighted by molar-refractivity contribution is -0.0127. The standard InChI is InChI=1S/C32H45ClN2O6/c1-22(2)19-35(14-15-40-31(3,4)5)30(38)27-8-7-25(36)17-29(27)39-21-26(37)20-34-12-10-32(11-13-34)18-23-16-24(33)6-9-28(23)41-32/h6-9,16-17,22,26,36-37H,10-15,18-21H2,1-5H3/t26-/m0/s1. The maximum Gasteiger partial charge on any atom is 0.257 e. The van der Waals surface area contributed by atoms with Gasteiger partial charge in [-0.2, -0.15) is 0 Å². The Hall–Kier alpha value is -2.52. The van der Waals surface area contributed by atoms with Crippen LogP contribution in [0.3, 0.4) is 0 Å². The highest BCUT2D eigenvalue weighted by Gasteiger charge is 2.42. The Labute approximate surface area is 249 Å². The number of hydrogen-bond donors (Lipinski definition) is 2. The number of halogens is 1. The second kappa shape index (κ2) is 13.2. The van der Waals surface area contributed by atoms with Crippen molar-refractivity contribution in [2.75, 3.05) is 45.9 Å². The number of phenols is 1. The molecule has 2 N–H and O–H groups in total. The summed E-state index contributed by atoms with van der Waals surface area (Å²) in [7, 11) is 0. The molecule has 2 aromatic carbocycles. The van der Waals surface area contributed by atoms with Gasteiger partial charge >= 0.3 is 0 Å². The third-order valence-corrected chi connectivity index (χ3v) is 7.73. The summed E-state index contributed by atoms with van der Waals surface area (Å²) in [6.45, 7) is 13.5. The van der Waals surface area contributed by atoms with E-state index >= 15 is 0 Å². The highest BCUT2D eigenvalue weighted by Crippen LogP contribution is 2.42. The number of fused-ring (bicyclic) bond motifs is 1. The van der Waals surface area contributed by atoms with Gasteiger partial charge in [-0.25, -0.2) is 0 Å². The smallest absolute Gasteiger partial charge is 0.257 e. The van der Waals surface area contributed by atoms with E-state index in [1.807, 2.05) is 39.0 Å². The lowest BCUT2D eigenvalue weighted by Gasteiger charge is -2.39. The van der Waals surface area contributed by atoms with Crippen LogP contribution in [0.25, 0.3) is 0 Å². The van der Waals surface area contributed by atoms with Crippen molar-refractivity contribution in [3.8, 4) is 17.2 Å². The Balaban J connectivity index is 1.32. The fourth-order valence-corrected chi connectivity index (χ4v) is 5.71. The number of rotatable bonds is 11. The Bertz CT molecular complexity index is 1190. The zero-order valence-corrected chi connectivity index (χ0v) is 25.7. The average Bonchev–Trinajstić information content (AvgIpc) is 3.24. The van der Waals surface area contributed by atoms with E-state index in [0.717, 1.165) is 48.7 Å². The molecule has 2 aliphatic rings. The first kappa shape index (κ1) is 31.4. The first-order valence-electron chi connectivity index (χ1n) is 14.6. The number of aliphatic hydroxyl groups excluding tert-OH is 1. The van der Waals surface area contributed by atoms with Crippen molar-refractivity contribution in [2.24, 2.45) is 5.92 Å². The molecule has 4 rings (SSSR count). The quantitative estimate of drug-likeness (QED) is 0.374. The molecular weight excluding hydrogens is 544 g/mol. The van der Waals surface area contributed by atoms with Crippen molar-refractivity contribution >= 4 is 17.5 Å².